The molecule has 0 spiro atoms. The van der Waals surface area contributed by atoms with E-state index in [9.17, 15) is 4.79 Å². The molecular formula is C12H16IN3OS. The third-order valence-electron chi connectivity index (χ3n) is 3.31. The van der Waals surface area contributed by atoms with Crippen LogP contribution >= 0.6 is 35.3 Å². The zero-order valence-electron chi connectivity index (χ0n) is 9.94. The summed E-state index contributed by atoms with van der Waals surface area (Å²) in [5.41, 5.74) is 10.9. The molecule has 3 rings (SSSR count). The van der Waals surface area contributed by atoms with E-state index < -0.39 is 0 Å². The van der Waals surface area contributed by atoms with Crippen molar-refractivity contribution >= 4 is 46.9 Å². The maximum atomic E-state index is 11.0. The summed E-state index contributed by atoms with van der Waals surface area (Å²) >= 11 is 1.81. The van der Waals surface area contributed by atoms with Crippen molar-refractivity contribution in [3.63, 3.8) is 0 Å². The van der Waals surface area contributed by atoms with Crippen molar-refractivity contribution in [2.45, 2.75) is 38.1 Å². The van der Waals surface area contributed by atoms with Crippen molar-refractivity contribution in [3.05, 3.63) is 21.4 Å². The number of carbonyl (C=O) groups is 1. The summed E-state index contributed by atoms with van der Waals surface area (Å²) in [5.74, 6) is 0.0112. The molecule has 0 saturated carbocycles. The molecule has 1 aliphatic carbocycles. The monoisotopic (exact) mass is 377 g/mol. The first-order valence-electron chi connectivity index (χ1n) is 5.95. The zero-order valence-corrected chi connectivity index (χ0v) is 13.1. The first-order valence-corrected chi connectivity index (χ1v) is 6.77. The molecule has 1 amide bonds. The molecule has 18 heavy (non-hydrogen) atoms. The molecule has 4 nitrogen and oxygen atoms in total. The fourth-order valence-electron chi connectivity index (χ4n) is 2.35. The van der Waals surface area contributed by atoms with Gasteiger partial charge in [-0.2, -0.15) is 5.10 Å². The van der Waals surface area contributed by atoms with Crippen LogP contribution in [0, 0.1) is 0 Å². The Morgan fingerprint density at radius 2 is 2.22 bits per heavy atom. The highest BCUT2D eigenvalue weighted by atomic mass is 127. The minimum absolute atomic E-state index is 0. The molecule has 1 atom stereocenters. The van der Waals surface area contributed by atoms with Crippen molar-refractivity contribution in [2.24, 2.45) is 10.8 Å². The fourth-order valence-corrected chi connectivity index (χ4v) is 3.57. The Morgan fingerprint density at radius 3 is 2.94 bits per heavy atom. The van der Waals surface area contributed by atoms with Crippen LogP contribution in [0.25, 0.3) is 0 Å². The lowest BCUT2D eigenvalue weighted by Gasteiger charge is -2.17. The molecule has 6 heteroatoms. The molecule has 1 aromatic rings. The van der Waals surface area contributed by atoms with Crippen LogP contribution in [0.2, 0.25) is 0 Å². The first kappa shape index (κ1) is 14.0. The van der Waals surface area contributed by atoms with Gasteiger partial charge in [-0.15, -0.1) is 35.3 Å². The van der Waals surface area contributed by atoms with E-state index in [0.717, 1.165) is 31.4 Å². The molecule has 0 saturated heterocycles. The van der Waals surface area contributed by atoms with E-state index >= 15 is 0 Å². The standard InChI is InChI=1S/C12H15N3OS.HI/c13-8-1-3-10-7(5-8)6-11(17-10)9-2-4-12(16)15-14-9;/h6,8H,1-5,13H2,(H,15,16);1H. The number of fused-ring (bicyclic) bond motifs is 1. The number of amides is 1. The van der Waals surface area contributed by atoms with Crippen LogP contribution < -0.4 is 11.2 Å². The Labute approximate surface area is 127 Å². The Balaban J connectivity index is 0.00000120. The van der Waals surface area contributed by atoms with E-state index in [1.807, 2.05) is 11.3 Å². The van der Waals surface area contributed by atoms with Crippen LogP contribution in [0.4, 0.5) is 0 Å². The zero-order chi connectivity index (χ0) is 11.8. The number of carbonyl (C=O) groups excluding carboxylic acids is 1. The van der Waals surface area contributed by atoms with Gasteiger partial charge in [0.05, 0.1) is 10.6 Å². The van der Waals surface area contributed by atoms with Crippen LogP contribution in [0.3, 0.4) is 0 Å². The number of nitrogens with two attached hydrogens (primary N) is 1. The Hall–Kier alpha value is -0.470. The van der Waals surface area contributed by atoms with Crippen LogP contribution in [0.5, 0.6) is 0 Å². The van der Waals surface area contributed by atoms with Crippen LogP contribution in [0.1, 0.15) is 34.6 Å². The third kappa shape index (κ3) is 2.75. The maximum absolute atomic E-state index is 11.0. The molecule has 0 aromatic carbocycles. The Morgan fingerprint density at radius 1 is 1.39 bits per heavy atom. The smallest absolute Gasteiger partial charge is 0.240 e. The van der Waals surface area contributed by atoms with E-state index in [0.29, 0.717) is 12.5 Å². The van der Waals surface area contributed by atoms with Gasteiger partial charge >= 0.3 is 0 Å². The van der Waals surface area contributed by atoms with Gasteiger partial charge in [0.25, 0.3) is 0 Å². The molecule has 0 radical (unpaired) electrons. The predicted molar refractivity (Wildman–Crippen MR) is 83.6 cm³/mol. The molecule has 3 N–H and O–H groups in total. The van der Waals surface area contributed by atoms with Gasteiger partial charge in [-0.1, -0.05) is 0 Å². The molecule has 1 aromatic heterocycles. The second-order valence-electron chi connectivity index (χ2n) is 4.66. The van der Waals surface area contributed by atoms with E-state index in [-0.39, 0.29) is 29.9 Å². The number of hydrazone groups is 1. The highest BCUT2D eigenvalue weighted by Gasteiger charge is 2.21. The summed E-state index contributed by atoms with van der Waals surface area (Å²) in [6.45, 7) is 0. The predicted octanol–water partition coefficient (Wildman–Crippen LogP) is 1.80. The van der Waals surface area contributed by atoms with E-state index in [2.05, 4.69) is 16.6 Å². The SMILES string of the molecule is I.NC1CCc2sc(C3=NNC(=O)CC3)cc2C1. The van der Waals surface area contributed by atoms with Gasteiger partial charge in [-0.25, -0.2) is 5.43 Å². The third-order valence-corrected chi connectivity index (χ3v) is 4.60. The molecule has 0 bridgehead atoms. The normalized spacial score (nSPS) is 22.6. The second-order valence-corrected chi connectivity index (χ2v) is 5.79. The number of rotatable bonds is 1. The van der Waals surface area contributed by atoms with Gasteiger partial charge < -0.3 is 5.73 Å². The summed E-state index contributed by atoms with van der Waals surface area (Å²) in [5, 5.41) is 4.14. The van der Waals surface area contributed by atoms with Crippen molar-refractivity contribution in [1.29, 1.82) is 0 Å². The van der Waals surface area contributed by atoms with Gasteiger partial charge in [0.2, 0.25) is 5.91 Å². The van der Waals surface area contributed by atoms with Crippen LogP contribution in [-0.2, 0) is 17.6 Å². The molecule has 98 valence electrons. The van der Waals surface area contributed by atoms with Gasteiger partial charge in [0.1, 0.15) is 0 Å². The van der Waals surface area contributed by atoms with Crippen molar-refractivity contribution in [2.75, 3.05) is 0 Å². The van der Waals surface area contributed by atoms with Crippen molar-refractivity contribution in [3.8, 4) is 0 Å². The average Bonchev–Trinajstić information content (AvgIpc) is 2.72. The number of hydrogen-bond acceptors (Lipinski definition) is 4. The minimum Gasteiger partial charge on any atom is -0.327 e. The van der Waals surface area contributed by atoms with Gasteiger partial charge in [0, 0.05) is 23.8 Å². The quantitative estimate of drug-likeness (QED) is 0.733. The topological polar surface area (TPSA) is 67.5 Å². The van der Waals surface area contributed by atoms with Crippen LogP contribution in [0.15, 0.2) is 11.2 Å². The summed E-state index contributed by atoms with van der Waals surface area (Å²) in [4.78, 5) is 13.7. The fraction of sp³-hybridized carbons (Fsp3) is 0.500. The number of thiophene rings is 1. The van der Waals surface area contributed by atoms with Crippen molar-refractivity contribution < 1.29 is 4.79 Å². The molecule has 2 heterocycles. The van der Waals surface area contributed by atoms with Gasteiger partial charge in [0.15, 0.2) is 0 Å². The van der Waals surface area contributed by atoms with E-state index in [1.54, 1.807) is 0 Å². The lowest BCUT2D eigenvalue weighted by atomic mass is 9.95. The summed E-state index contributed by atoms with van der Waals surface area (Å²) < 4.78 is 0. The highest BCUT2D eigenvalue weighted by molar-refractivity contribution is 14.0. The number of hydrogen-bond donors (Lipinski definition) is 2. The Kier molecular flexibility index (Phi) is 4.39. The van der Waals surface area contributed by atoms with Gasteiger partial charge in [-0.3, -0.25) is 4.79 Å². The number of aryl methyl sites for hydroxylation is 1. The number of nitrogens with one attached hydrogen (secondary N) is 1. The minimum atomic E-state index is 0. The maximum Gasteiger partial charge on any atom is 0.240 e. The highest BCUT2D eigenvalue weighted by Crippen LogP contribution is 2.30. The van der Waals surface area contributed by atoms with Crippen molar-refractivity contribution in [1.82, 2.24) is 5.43 Å². The summed E-state index contributed by atoms with van der Waals surface area (Å²) in [6.07, 6.45) is 4.43. The number of nitrogens with zero attached hydrogens (tertiary/aromatic N) is 1. The van der Waals surface area contributed by atoms with E-state index in [1.165, 1.54) is 15.3 Å². The molecule has 1 aliphatic heterocycles. The lowest BCUT2D eigenvalue weighted by molar-refractivity contribution is -0.121. The summed E-state index contributed by atoms with van der Waals surface area (Å²) in [6, 6.07) is 2.51. The van der Waals surface area contributed by atoms with E-state index in [4.69, 9.17) is 5.73 Å². The molecule has 0 fully saturated rings. The lowest BCUT2D eigenvalue weighted by Crippen LogP contribution is -2.26. The second kappa shape index (κ2) is 5.66. The number of halogens is 1. The first-order chi connectivity index (χ1) is 8.22. The largest absolute Gasteiger partial charge is 0.327 e. The Bertz CT molecular complexity index is 498. The molecule has 2 aliphatic rings. The molecular weight excluding hydrogens is 361 g/mol. The average molecular weight is 377 g/mol. The van der Waals surface area contributed by atoms with Gasteiger partial charge in [-0.05, 0) is 30.9 Å². The molecule has 1 unspecified atom stereocenters. The van der Waals surface area contributed by atoms with Crippen LogP contribution in [-0.4, -0.2) is 17.7 Å². The summed E-state index contributed by atoms with van der Waals surface area (Å²) in [7, 11) is 0.